The molecule has 0 bridgehead atoms. The van der Waals surface area contributed by atoms with Gasteiger partial charge in [-0.3, -0.25) is 0 Å². The van der Waals surface area contributed by atoms with Gasteiger partial charge in [-0.05, 0) is 6.07 Å². The molecule has 6 heteroatoms. The van der Waals surface area contributed by atoms with Crippen molar-refractivity contribution in [2.24, 2.45) is 0 Å². The second-order valence-electron chi connectivity index (χ2n) is 3.03. The van der Waals surface area contributed by atoms with Crippen LogP contribution in [0.15, 0.2) is 18.3 Å². The Labute approximate surface area is 105 Å². The van der Waals surface area contributed by atoms with Crippen LogP contribution in [0.5, 0.6) is 5.88 Å². The fourth-order valence-electron chi connectivity index (χ4n) is 0.907. The molecule has 92 valence electrons. The smallest absolute Gasteiger partial charge is 0.422 e. The molecule has 0 amide bonds. The second kappa shape index (κ2) is 6.50. The molecular formula is C11H9BrF3NO. The van der Waals surface area contributed by atoms with Crippen LogP contribution in [-0.4, -0.2) is 23.1 Å². The van der Waals surface area contributed by atoms with Crippen molar-refractivity contribution in [2.75, 3.05) is 11.9 Å². The van der Waals surface area contributed by atoms with Gasteiger partial charge in [-0.2, -0.15) is 13.2 Å². The number of halogens is 4. The third-order valence-corrected chi connectivity index (χ3v) is 1.97. The molecule has 0 aliphatic heterocycles. The Bertz CT molecular complexity index is 405. The van der Waals surface area contributed by atoms with Crippen LogP contribution < -0.4 is 4.74 Å². The second-order valence-corrected chi connectivity index (χ2v) is 3.82. The van der Waals surface area contributed by atoms with E-state index < -0.39 is 12.8 Å². The third kappa shape index (κ3) is 6.17. The number of pyridine rings is 1. The molecule has 1 heterocycles. The minimum Gasteiger partial charge on any atom is -0.468 e. The van der Waals surface area contributed by atoms with E-state index in [1.807, 2.05) is 0 Å². The molecule has 1 aromatic heterocycles. The summed E-state index contributed by atoms with van der Waals surface area (Å²) < 4.78 is 40.0. The molecule has 2 nitrogen and oxygen atoms in total. The number of hydrogen-bond donors (Lipinski definition) is 0. The zero-order valence-corrected chi connectivity index (χ0v) is 10.3. The first kappa shape index (κ1) is 13.8. The van der Waals surface area contributed by atoms with Gasteiger partial charge in [0.05, 0.1) is 0 Å². The van der Waals surface area contributed by atoms with E-state index in [-0.39, 0.29) is 5.88 Å². The highest BCUT2D eigenvalue weighted by atomic mass is 79.9. The normalized spacial score (nSPS) is 10.6. The van der Waals surface area contributed by atoms with Crippen LogP contribution in [0, 0.1) is 11.8 Å². The largest absolute Gasteiger partial charge is 0.468 e. The molecule has 0 spiro atoms. The Morgan fingerprint density at radius 2 is 2.12 bits per heavy atom. The van der Waals surface area contributed by atoms with Gasteiger partial charge < -0.3 is 4.74 Å². The van der Waals surface area contributed by atoms with Gasteiger partial charge in [0.25, 0.3) is 0 Å². The Morgan fingerprint density at radius 1 is 1.35 bits per heavy atom. The van der Waals surface area contributed by atoms with Crippen molar-refractivity contribution in [3.63, 3.8) is 0 Å². The number of aromatic nitrogens is 1. The van der Waals surface area contributed by atoms with Crippen LogP contribution in [0.3, 0.4) is 0 Å². The number of ether oxygens (including phenoxy) is 1. The van der Waals surface area contributed by atoms with Crippen molar-refractivity contribution < 1.29 is 17.9 Å². The van der Waals surface area contributed by atoms with Crippen molar-refractivity contribution >= 4 is 15.9 Å². The van der Waals surface area contributed by atoms with Gasteiger partial charge in [-0.1, -0.05) is 27.8 Å². The van der Waals surface area contributed by atoms with Gasteiger partial charge in [0.2, 0.25) is 5.88 Å². The molecule has 17 heavy (non-hydrogen) atoms. The minimum atomic E-state index is -4.35. The molecule has 0 aromatic carbocycles. The van der Waals surface area contributed by atoms with E-state index in [1.54, 1.807) is 6.07 Å². The maximum Gasteiger partial charge on any atom is 0.422 e. The Balaban J connectivity index is 2.54. The monoisotopic (exact) mass is 307 g/mol. The molecular weight excluding hydrogens is 299 g/mol. The zero-order valence-electron chi connectivity index (χ0n) is 8.72. The number of rotatable bonds is 3. The molecule has 0 aliphatic rings. The topological polar surface area (TPSA) is 22.1 Å². The Hall–Kier alpha value is -1.22. The van der Waals surface area contributed by atoms with Gasteiger partial charge in [0.1, 0.15) is 0 Å². The van der Waals surface area contributed by atoms with Crippen LogP contribution in [0.4, 0.5) is 13.2 Å². The highest BCUT2D eigenvalue weighted by molar-refractivity contribution is 9.09. The molecule has 0 radical (unpaired) electrons. The zero-order chi connectivity index (χ0) is 12.7. The first-order chi connectivity index (χ1) is 8.01. The molecule has 0 atom stereocenters. The average molecular weight is 308 g/mol. The van der Waals surface area contributed by atoms with E-state index >= 15 is 0 Å². The Kier molecular flexibility index (Phi) is 5.29. The fourth-order valence-corrected chi connectivity index (χ4v) is 1.11. The van der Waals surface area contributed by atoms with Crippen LogP contribution in [0.2, 0.25) is 0 Å². The first-order valence-electron chi connectivity index (χ1n) is 4.72. The lowest BCUT2D eigenvalue weighted by Crippen LogP contribution is -2.19. The van der Waals surface area contributed by atoms with Crippen LogP contribution in [-0.2, 0) is 0 Å². The van der Waals surface area contributed by atoms with Gasteiger partial charge in [-0.15, -0.1) is 0 Å². The van der Waals surface area contributed by atoms with Crippen molar-refractivity contribution in [1.29, 1.82) is 0 Å². The van der Waals surface area contributed by atoms with E-state index in [4.69, 9.17) is 0 Å². The van der Waals surface area contributed by atoms with Gasteiger partial charge in [0.15, 0.2) is 6.61 Å². The maximum atomic E-state index is 11.8. The van der Waals surface area contributed by atoms with E-state index in [2.05, 4.69) is 37.5 Å². The molecule has 0 fully saturated rings. The maximum absolute atomic E-state index is 11.8. The standard InChI is InChI=1S/C11H9BrF3NO/c12-6-2-1-3-9-4-5-10(16-7-9)17-8-11(13,14)15/h4-5,7H,2,6,8H2. The van der Waals surface area contributed by atoms with Gasteiger partial charge >= 0.3 is 6.18 Å². The lowest BCUT2D eigenvalue weighted by molar-refractivity contribution is -0.154. The third-order valence-electron chi connectivity index (χ3n) is 1.57. The molecule has 0 N–H and O–H groups in total. The fraction of sp³-hybridized carbons (Fsp3) is 0.364. The van der Waals surface area contributed by atoms with Crippen molar-refractivity contribution in [1.82, 2.24) is 4.98 Å². The molecule has 0 saturated carbocycles. The molecule has 0 unspecified atom stereocenters. The predicted molar refractivity (Wildman–Crippen MR) is 61.1 cm³/mol. The lowest BCUT2D eigenvalue weighted by atomic mass is 10.3. The van der Waals surface area contributed by atoms with E-state index in [1.165, 1.54) is 12.3 Å². The van der Waals surface area contributed by atoms with Crippen molar-refractivity contribution in [3.05, 3.63) is 23.9 Å². The molecule has 1 rings (SSSR count). The minimum absolute atomic E-state index is 0.0617. The lowest BCUT2D eigenvalue weighted by Gasteiger charge is -2.07. The summed E-state index contributed by atoms with van der Waals surface area (Å²) in [6.07, 6.45) is -2.27. The summed E-state index contributed by atoms with van der Waals surface area (Å²) in [6.45, 7) is -1.34. The number of nitrogens with zero attached hydrogens (tertiary/aromatic N) is 1. The SMILES string of the molecule is FC(F)(F)COc1ccc(C#CCCBr)cn1. The summed E-state index contributed by atoms with van der Waals surface area (Å²) >= 11 is 3.23. The Morgan fingerprint density at radius 3 is 2.65 bits per heavy atom. The highest BCUT2D eigenvalue weighted by Crippen LogP contribution is 2.16. The molecule has 0 aliphatic carbocycles. The summed E-state index contributed by atoms with van der Waals surface area (Å²) in [7, 11) is 0. The number of alkyl halides is 4. The summed E-state index contributed by atoms with van der Waals surface area (Å²) in [6, 6.07) is 2.93. The average Bonchev–Trinajstić information content (AvgIpc) is 2.27. The number of hydrogen-bond acceptors (Lipinski definition) is 2. The van der Waals surface area contributed by atoms with Crippen LogP contribution in [0.1, 0.15) is 12.0 Å². The predicted octanol–water partition coefficient (Wildman–Crippen LogP) is 3.16. The molecule has 0 saturated heterocycles. The molecule has 1 aromatic rings. The summed E-state index contributed by atoms with van der Waals surface area (Å²) in [5, 5.41) is 0.778. The highest BCUT2D eigenvalue weighted by Gasteiger charge is 2.28. The van der Waals surface area contributed by atoms with E-state index in [0.29, 0.717) is 12.0 Å². The van der Waals surface area contributed by atoms with E-state index in [0.717, 1.165) is 5.33 Å². The van der Waals surface area contributed by atoms with Crippen molar-refractivity contribution in [3.8, 4) is 17.7 Å². The van der Waals surface area contributed by atoms with Gasteiger partial charge in [0, 0.05) is 29.6 Å². The van der Waals surface area contributed by atoms with Crippen LogP contribution >= 0.6 is 15.9 Å². The van der Waals surface area contributed by atoms with Crippen molar-refractivity contribution in [2.45, 2.75) is 12.6 Å². The quantitative estimate of drug-likeness (QED) is 0.632. The van der Waals surface area contributed by atoms with E-state index in [9.17, 15) is 13.2 Å². The summed E-state index contributed by atoms with van der Waals surface area (Å²) in [4.78, 5) is 3.72. The summed E-state index contributed by atoms with van der Waals surface area (Å²) in [5.74, 6) is 5.63. The van der Waals surface area contributed by atoms with Crippen LogP contribution in [0.25, 0.3) is 0 Å². The van der Waals surface area contributed by atoms with Gasteiger partial charge in [-0.25, -0.2) is 4.98 Å². The summed E-state index contributed by atoms with van der Waals surface area (Å²) in [5.41, 5.74) is 0.644. The first-order valence-corrected chi connectivity index (χ1v) is 5.84.